The van der Waals surface area contributed by atoms with E-state index in [4.69, 9.17) is 5.11 Å². The fraction of sp³-hybridized carbons (Fsp3) is 0.533. The highest BCUT2D eigenvalue weighted by Crippen LogP contribution is 2.42. The van der Waals surface area contributed by atoms with Gasteiger partial charge in [-0.2, -0.15) is 13.2 Å². The predicted molar refractivity (Wildman–Crippen MR) is 73.4 cm³/mol. The van der Waals surface area contributed by atoms with E-state index in [0.717, 1.165) is 6.07 Å². The molecule has 3 nitrogen and oxygen atoms in total. The van der Waals surface area contributed by atoms with Gasteiger partial charge < -0.3 is 10.0 Å². The SMILES string of the molecule is CCN1c2cccc(C(F)(F)F)c2CC1CC(C)C(=O)O. The maximum Gasteiger partial charge on any atom is 0.416 e. The minimum absolute atomic E-state index is 0.195. The number of anilines is 1. The summed E-state index contributed by atoms with van der Waals surface area (Å²) < 4.78 is 39.2. The van der Waals surface area contributed by atoms with Crippen molar-refractivity contribution in [1.29, 1.82) is 0 Å². The summed E-state index contributed by atoms with van der Waals surface area (Å²) in [5.74, 6) is -1.49. The van der Waals surface area contributed by atoms with Gasteiger partial charge >= 0.3 is 12.1 Å². The van der Waals surface area contributed by atoms with Gasteiger partial charge in [-0.05, 0) is 37.5 Å². The Labute approximate surface area is 121 Å². The number of hydrogen-bond acceptors (Lipinski definition) is 2. The minimum Gasteiger partial charge on any atom is -0.481 e. The van der Waals surface area contributed by atoms with Crippen LogP contribution in [0.4, 0.5) is 18.9 Å². The van der Waals surface area contributed by atoms with Gasteiger partial charge in [0.05, 0.1) is 11.5 Å². The molecule has 1 aromatic rings. The van der Waals surface area contributed by atoms with E-state index in [0.29, 0.717) is 18.7 Å². The lowest BCUT2D eigenvalue weighted by molar-refractivity contribution is -0.141. The highest BCUT2D eigenvalue weighted by Gasteiger charge is 2.39. The van der Waals surface area contributed by atoms with E-state index in [-0.39, 0.29) is 18.0 Å². The monoisotopic (exact) mass is 301 g/mol. The molecule has 0 amide bonds. The van der Waals surface area contributed by atoms with Crippen LogP contribution in [-0.2, 0) is 17.4 Å². The van der Waals surface area contributed by atoms with Crippen molar-refractivity contribution in [2.75, 3.05) is 11.4 Å². The number of carbonyl (C=O) groups is 1. The fourth-order valence-electron chi connectivity index (χ4n) is 3.01. The van der Waals surface area contributed by atoms with Crippen molar-refractivity contribution in [3.05, 3.63) is 29.3 Å². The highest BCUT2D eigenvalue weighted by molar-refractivity contribution is 5.70. The summed E-state index contributed by atoms with van der Waals surface area (Å²) in [4.78, 5) is 12.9. The molecular weight excluding hydrogens is 283 g/mol. The Bertz CT molecular complexity index is 542. The first-order valence-electron chi connectivity index (χ1n) is 6.94. The van der Waals surface area contributed by atoms with Crippen molar-refractivity contribution >= 4 is 11.7 Å². The molecule has 6 heteroatoms. The Kier molecular flexibility index (Phi) is 4.16. The molecule has 1 heterocycles. The van der Waals surface area contributed by atoms with Crippen LogP contribution in [0.3, 0.4) is 0 Å². The number of halogens is 3. The third-order valence-electron chi connectivity index (χ3n) is 4.03. The standard InChI is InChI=1S/C15H18F3NO2/c1-3-19-10(7-9(2)14(20)21)8-11-12(15(16,17)18)5-4-6-13(11)19/h4-6,9-10H,3,7-8H2,1-2H3,(H,20,21). The largest absolute Gasteiger partial charge is 0.481 e. The molecule has 116 valence electrons. The van der Waals surface area contributed by atoms with Crippen LogP contribution in [0.2, 0.25) is 0 Å². The van der Waals surface area contributed by atoms with Crippen LogP contribution in [0.5, 0.6) is 0 Å². The topological polar surface area (TPSA) is 40.5 Å². The maximum absolute atomic E-state index is 13.1. The molecule has 1 N–H and O–H groups in total. The zero-order valence-electron chi connectivity index (χ0n) is 11.9. The number of rotatable bonds is 4. The zero-order chi connectivity index (χ0) is 15.8. The molecule has 0 spiro atoms. The number of fused-ring (bicyclic) bond motifs is 1. The Morgan fingerprint density at radius 3 is 2.67 bits per heavy atom. The van der Waals surface area contributed by atoms with Crippen molar-refractivity contribution < 1.29 is 23.1 Å². The average Bonchev–Trinajstić information content (AvgIpc) is 2.73. The number of benzene rings is 1. The van der Waals surface area contributed by atoms with E-state index in [2.05, 4.69) is 0 Å². The molecule has 0 radical (unpaired) electrons. The molecule has 0 aliphatic carbocycles. The van der Waals surface area contributed by atoms with Crippen molar-refractivity contribution in [3.8, 4) is 0 Å². The summed E-state index contributed by atoms with van der Waals surface area (Å²) in [6, 6.07) is 3.99. The number of hydrogen-bond donors (Lipinski definition) is 1. The molecular formula is C15H18F3NO2. The summed E-state index contributed by atoms with van der Waals surface area (Å²) in [5.41, 5.74) is 0.258. The molecule has 0 saturated heterocycles. The van der Waals surface area contributed by atoms with Gasteiger partial charge in [-0.15, -0.1) is 0 Å². The first-order chi connectivity index (χ1) is 9.75. The Balaban J connectivity index is 2.34. The predicted octanol–water partition coefficient (Wildman–Crippen LogP) is 3.57. The molecule has 1 aliphatic heterocycles. The number of alkyl halides is 3. The molecule has 0 fully saturated rings. The molecule has 2 rings (SSSR count). The first-order valence-corrected chi connectivity index (χ1v) is 6.94. The van der Waals surface area contributed by atoms with Gasteiger partial charge in [0.2, 0.25) is 0 Å². The van der Waals surface area contributed by atoms with Gasteiger partial charge in [-0.25, -0.2) is 0 Å². The van der Waals surface area contributed by atoms with Crippen molar-refractivity contribution in [2.45, 2.75) is 38.9 Å². The molecule has 21 heavy (non-hydrogen) atoms. The Morgan fingerprint density at radius 2 is 2.14 bits per heavy atom. The number of carboxylic acids is 1. The third kappa shape index (κ3) is 2.99. The molecule has 2 unspecified atom stereocenters. The van der Waals surface area contributed by atoms with E-state index in [1.807, 2.05) is 11.8 Å². The number of carboxylic acid groups (broad SMARTS) is 1. The van der Waals surface area contributed by atoms with Gasteiger partial charge in [-0.1, -0.05) is 13.0 Å². The molecule has 0 aromatic heterocycles. The van der Waals surface area contributed by atoms with E-state index < -0.39 is 23.6 Å². The molecule has 0 saturated carbocycles. The summed E-state index contributed by atoms with van der Waals surface area (Å²) in [6.07, 6.45) is -3.79. The lowest BCUT2D eigenvalue weighted by Crippen LogP contribution is -2.34. The fourth-order valence-corrected chi connectivity index (χ4v) is 3.01. The average molecular weight is 301 g/mol. The van der Waals surface area contributed by atoms with Gasteiger partial charge in [0.15, 0.2) is 0 Å². The summed E-state index contributed by atoms with van der Waals surface area (Å²) in [5, 5.41) is 9.00. The lowest BCUT2D eigenvalue weighted by atomic mass is 9.97. The number of likely N-dealkylation sites (N-methyl/N-ethyl adjacent to an activating group) is 1. The second-order valence-electron chi connectivity index (χ2n) is 5.42. The van der Waals surface area contributed by atoms with Gasteiger partial charge in [0.25, 0.3) is 0 Å². The summed E-state index contributed by atoms with van der Waals surface area (Å²) in [6.45, 7) is 4.02. The van der Waals surface area contributed by atoms with Crippen LogP contribution >= 0.6 is 0 Å². The van der Waals surface area contributed by atoms with E-state index in [1.165, 1.54) is 6.07 Å². The van der Waals surface area contributed by atoms with Crippen LogP contribution < -0.4 is 4.90 Å². The number of nitrogens with zero attached hydrogens (tertiary/aromatic N) is 1. The van der Waals surface area contributed by atoms with Crippen LogP contribution in [0.1, 0.15) is 31.4 Å². The molecule has 1 aromatic carbocycles. The highest BCUT2D eigenvalue weighted by atomic mass is 19.4. The maximum atomic E-state index is 13.1. The second-order valence-corrected chi connectivity index (χ2v) is 5.42. The third-order valence-corrected chi connectivity index (χ3v) is 4.03. The molecule has 0 bridgehead atoms. The van der Waals surface area contributed by atoms with Crippen LogP contribution in [0.15, 0.2) is 18.2 Å². The minimum atomic E-state index is -4.38. The van der Waals surface area contributed by atoms with Gasteiger partial charge in [0, 0.05) is 18.3 Å². The van der Waals surface area contributed by atoms with E-state index in [1.54, 1.807) is 13.0 Å². The van der Waals surface area contributed by atoms with E-state index >= 15 is 0 Å². The smallest absolute Gasteiger partial charge is 0.416 e. The van der Waals surface area contributed by atoms with Crippen molar-refractivity contribution in [1.82, 2.24) is 0 Å². The molecule has 2 atom stereocenters. The first kappa shape index (κ1) is 15.7. The zero-order valence-corrected chi connectivity index (χ0v) is 11.9. The number of aliphatic carboxylic acids is 1. The quantitative estimate of drug-likeness (QED) is 0.924. The van der Waals surface area contributed by atoms with Gasteiger partial charge in [-0.3, -0.25) is 4.79 Å². The Morgan fingerprint density at radius 1 is 1.48 bits per heavy atom. The normalized spacial score (nSPS) is 19.5. The molecule has 1 aliphatic rings. The van der Waals surface area contributed by atoms with Crippen LogP contribution in [0.25, 0.3) is 0 Å². The van der Waals surface area contributed by atoms with Gasteiger partial charge in [0.1, 0.15) is 0 Å². The summed E-state index contributed by atoms with van der Waals surface area (Å²) in [7, 11) is 0. The summed E-state index contributed by atoms with van der Waals surface area (Å²) >= 11 is 0. The van der Waals surface area contributed by atoms with Crippen LogP contribution in [0, 0.1) is 5.92 Å². The van der Waals surface area contributed by atoms with Crippen LogP contribution in [-0.4, -0.2) is 23.7 Å². The van der Waals surface area contributed by atoms with Crippen molar-refractivity contribution in [2.24, 2.45) is 5.92 Å². The van der Waals surface area contributed by atoms with Crippen molar-refractivity contribution in [3.63, 3.8) is 0 Å². The second kappa shape index (κ2) is 5.58. The lowest BCUT2D eigenvalue weighted by Gasteiger charge is -2.27. The van der Waals surface area contributed by atoms with E-state index in [9.17, 15) is 18.0 Å². The Hall–Kier alpha value is -1.72.